The Hall–Kier alpha value is -3.98. The van der Waals surface area contributed by atoms with Crippen molar-refractivity contribution in [2.24, 2.45) is 0 Å². The molecule has 9 nitrogen and oxygen atoms in total. The SMILES string of the molecule is CCCCc1cn(-c2c(Cl)ccn2CCC)c(=O)n1Cc1cc(-c2cccc(-c3nn[nH]n3)c2)ccn1. The molecule has 37 heavy (non-hydrogen) atoms. The second-order valence-corrected chi connectivity index (χ2v) is 9.40. The zero-order valence-electron chi connectivity index (χ0n) is 20.9. The number of tetrazole rings is 1. The van der Waals surface area contributed by atoms with Gasteiger partial charge in [-0.2, -0.15) is 5.21 Å². The van der Waals surface area contributed by atoms with Crippen molar-refractivity contribution in [1.29, 1.82) is 0 Å². The summed E-state index contributed by atoms with van der Waals surface area (Å²) in [6, 6.07) is 13.8. The third-order valence-corrected chi connectivity index (χ3v) is 6.66. The smallest absolute Gasteiger partial charge is 0.333 e. The predicted octanol–water partition coefficient (Wildman–Crippen LogP) is 5.14. The van der Waals surface area contributed by atoms with E-state index in [0.717, 1.165) is 60.3 Å². The van der Waals surface area contributed by atoms with Crippen LogP contribution in [0.25, 0.3) is 28.3 Å². The molecule has 0 atom stereocenters. The van der Waals surface area contributed by atoms with Crippen LogP contribution >= 0.6 is 11.6 Å². The molecule has 0 saturated carbocycles. The number of nitrogens with zero attached hydrogens (tertiary/aromatic N) is 7. The average Bonchev–Trinajstić information content (AvgIpc) is 3.65. The Bertz CT molecular complexity index is 1550. The van der Waals surface area contributed by atoms with Crippen LogP contribution < -0.4 is 5.69 Å². The van der Waals surface area contributed by atoms with Gasteiger partial charge in [0.15, 0.2) is 0 Å². The van der Waals surface area contributed by atoms with Gasteiger partial charge >= 0.3 is 5.69 Å². The van der Waals surface area contributed by atoms with E-state index in [9.17, 15) is 4.79 Å². The number of pyridine rings is 1. The van der Waals surface area contributed by atoms with Gasteiger partial charge in [-0.25, -0.2) is 4.79 Å². The van der Waals surface area contributed by atoms with Gasteiger partial charge in [0.05, 0.1) is 17.3 Å². The van der Waals surface area contributed by atoms with E-state index in [1.807, 2.05) is 64.0 Å². The van der Waals surface area contributed by atoms with Crippen LogP contribution in [0.5, 0.6) is 0 Å². The number of aromatic nitrogens is 8. The van der Waals surface area contributed by atoms with Crippen LogP contribution in [0.2, 0.25) is 5.02 Å². The van der Waals surface area contributed by atoms with Crippen LogP contribution in [-0.2, 0) is 19.5 Å². The molecule has 1 aromatic carbocycles. The molecule has 0 saturated heterocycles. The maximum atomic E-state index is 13.7. The van der Waals surface area contributed by atoms with Crippen LogP contribution in [0, 0.1) is 0 Å². The Labute approximate surface area is 219 Å². The molecule has 0 amide bonds. The summed E-state index contributed by atoms with van der Waals surface area (Å²) >= 11 is 6.53. The Morgan fingerprint density at radius 1 is 1.03 bits per heavy atom. The van der Waals surface area contributed by atoms with E-state index in [4.69, 9.17) is 11.6 Å². The van der Waals surface area contributed by atoms with Gasteiger partial charge < -0.3 is 4.57 Å². The fourth-order valence-electron chi connectivity index (χ4n) is 4.55. The van der Waals surface area contributed by atoms with Crippen molar-refractivity contribution in [3.63, 3.8) is 0 Å². The first-order valence-electron chi connectivity index (χ1n) is 12.5. The standard InChI is InChI=1S/C27H29ClN8O/c1-3-5-9-23-18-36(26-24(28)11-14-34(26)13-4-2)27(37)35(23)17-22-16-20(10-12-29-22)19-7-6-8-21(15-19)25-30-32-33-31-25/h6-8,10-12,14-16,18H,3-5,9,13,17H2,1-2H3,(H,30,31,32,33). The van der Waals surface area contributed by atoms with Gasteiger partial charge in [-0.05, 0) is 59.9 Å². The number of rotatable bonds is 10. The molecule has 0 aliphatic heterocycles. The molecule has 10 heteroatoms. The van der Waals surface area contributed by atoms with E-state index in [1.54, 1.807) is 10.8 Å². The number of H-pyrrole nitrogens is 1. The molecule has 5 aromatic rings. The van der Waals surface area contributed by atoms with Crippen molar-refractivity contribution in [1.82, 2.24) is 39.3 Å². The van der Waals surface area contributed by atoms with E-state index < -0.39 is 0 Å². The van der Waals surface area contributed by atoms with Crippen LogP contribution in [0.3, 0.4) is 0 Å². The fraction of sp³-hybridized carbons (Fsp3) is 0.296. The number of benzene rings is 1. The quantitative estimate of drug-likeness (QED) is 0.277. The number of aryl methyl sites for hydroxylation is 2. The number of imidazole rings is 1. The lowest BCUT2D eigenvalue weighted by Gasteiger charge is -2.09. The highest BCUT2D eigenvalue weighted by Crippen LogP contribution is 2.25. The average molecular weight is 517 g/mol. The maximum Gasteiger partial charge on any atom is 0.334 e. The molecule has 0 radical (unpaired) electrons. The summed E-state index contributed by atoms with van der Waals surface area (Å²) in [5.41, 5.74) is 4.53. The van der Waals surface area contributed by atoms with Crippen molar-refractivity contribution in [2.45, 2.75) is 52.6 Å². The lowest BCUT2D eigenvalue weighted by molar-refractivity contribution is 0.641. The zero-order chi connectivity index (χ0) is 25.8. The van der Waals surface area contributed by atoms with Crippen molar-refractivity contribution in [3.8, 4) is 28.3 Å². The molecule has 0 aliphatic rings. The van der Waals surface area contributed by atoms with Gasteiger partial charge in [0.1, 0.15) is 5.82 Å². The Morgan fingerprint density at radius 3 is 2.65 bits per heavy atom. The molecular formula is C27H29ClN8O. The Balaban J connectivity index is 1.51. The van der Waals surface area contributed by atoms with E-state index in [1.165, 1.54) is 0 Å². The second-order valence-electron chi connectivity index (χ2n) is 9.00. The molecular weight excluding hydrogens is 488 g/mol. The summed E-state index contributed by atoms with van der Waals surface area (Å²) in [4.78, 5) is 18.3. The highest BCUT2D eigenvalue weighted by atomic mass is 35.5. The van der Waals surface area contributed by atoms with E-state index >= 15 is 0 Å². The topological polar surface area (TPSA) is 99.2 Å². The maximum absolute atomic E-state index is 13.7. The number of hydrogen-bond acceptors (Lipinski definition) is 5. The minimum atomic E-state index is -0.115. The molecule has 0 bridgehead atoms. The minimum Gasteiger partial charge on any atom is -0.333 e. The molecule has 0 spiro atoms. The molecule has 1 N–H and O–H groups in total. The van der Waals surface area contributed by atoms with Gasteiger partial charge in [0, 0.05) is 36.4 Å². The van der Waals surface area contributed by atoms with E-state index in [2.05, 4.69) is 39.5 Å². The number of unbranched alkanes of at least 4 members (excludes halogenated alkanes) is 1. The molecule has 0 unspecified atom stereocenters. The largest absolute Gasteiger partial charge is 0.334 e. The number of nitrogens with one attached hydrogen (secondary N) is 1. The highest BCUT2D eigenvalue weighted by molar-refractivity contribution is 6.32. The van der Waals surface area contributed by atoms with Crippen LogP contribution in [0.1, 0.15) is 44.5 Å². The summed E-state index contributed by atoms with van der Waals surface area (Å²) < 4.78 is 5.53. The van der Waals surface area contributed by atoms with Crippen LogP contribution in [0.4, 0.5) is 0 Å². The molecule has 190 valence electrons. The lowest BCUT2D eigenvalue weighted by atomic mass is 10.0. The van der Waals surface area contributed by atoms with Gasteiger partial charge in [-0.15, -0.1) is 10.2 Å². The van der Waals surface area contributed by atoms with Gasteiger partial charge in [0.2, 0.25) is 5.82 Å². The summed E-state index contributed by atoms with van der Waals surface area (Å²) in [6.07, 6.45) is 9.43. The van der Waals surface area contributed by atoms with E-state index in [0.29, 0.717) is 23.2 Å². The first kappa shape index (κ1) is 24.7. The highest BCUT2D eigenvalue weighted by Gasteiger charge is 2.18. The van der Waals surface area contributed by atoms with Gasteiger partial charge in [-0.3, -0.25) is 14.1 Å². The van der Waals surface area contributed by atoms with Crippen molar-refractivity contribution >= 4 is 11.6 Å². The zero-order valence-corrected chi connectivity index (χ0v) is 21.7. The molecule has 5 rings (SSSR count). The van der Waals surface area contributed by atoms with E-state index in [-0.39, 0.29) is 5.69 Å². The van der Waals surface area contributed by atoms with Crippen molar-refractivity contribution in [3.05, 3.63) is 87.9 Å². The second kappa shape index (κ2) is 11.0. The van der Waals surface area contributed by atoms with Crippen molar-refractivity contribution < 1.29 is 0 Å². The summed E-state index contributed by atoms with van der Waals surface area (Å²) in [5, 5.41) is 14.9. The first-order chi connectivity index (χ1) is 18.1. The molecule has 0 fully saturated rings. The van der Waals surface area contributed by atoms with Crippen LogP contribution in [-0.4, -0.2) is 39.3 Å². The normalized spacial score (nSPS) is 11.3. The minimum absolute atomic E-state index is 0.115. The van der Waals surface area contributed by atoms with Crippen molar-refractivity contribution in [2.75, 3.05) is 0 Å². The summed E-state index contributed by atoms with van der Waals surface area (Å²) in [7, 11) is 0. The molecule has 4 aromatic heterocycles. The predicted molar refractivity (Wildman–Crippen MR) is 144 cm³/mol. The number of hydrogen-bond donors (Lipinski definition) is 1. The molecule has 0 aliphatic carbocycles. The number of halogens is 1. The first-order valence-corrected chi connectivity index (χ1v) is 12.9. The third kappa shape index (κ3) is 5.13. The lowest BCUT2D eigenvalue weighted by Crippen LogP contribution is -2.26. The Morgan fingerprint density at radius 2 is 1.86 bits per heavy atom. The number of aromatic amines is 1. The Kier molecular flexibility index (Phi) is 7.32. The van der Waals surface area contributed by atoms with Gasteiger partial charge in [0.25, 0.3) is 0 Å². The molecule has 4 heterocycles. The monoisotopic (exact) mass is 516 g/mol. The fourth-order valence-corrected chi connectivity index (χ4v) is 4.80. The summed E-state index contributed by atoms with van der Waals surface area (Å²) in [5.74, 6) is 1.25. The van der Waals surface area contributed by atoms with Crippen LogP contribution in [0.15, 0.2) is 65.8 Å². The van der Waals surface area contributed by atoms with Gasteiger partial charge in [-0.1, -0.05) is 50.1 Å². The third-order valence-electron chi connectivity index (χ3n) is 6.36. The summed E-state index contributed by atoms with van der Waals surface area (Å²) in [6.45, 7) is 5.41.